The van der Waals surface area contributed by atoms with E-state index in [1.807, 2.05) is 47.9 Å². The van der Waals surface area contributed by atoms with Crippen LogP contribution in [0.1, 0.15) is 30.6 Å². The molecule has 0 unspecified atom stereocenters. The summed E-state index contributed by atoms with van der Waals surface area (Å²) in [7, 11) is 3.37. The van der Waals surface area contributed by atoms with E-state index in [4.69, 9.17) is 14.2 Å². The summed E-state index contributed by atoms with van der Waals surface area (Å²) in [6.45, 7) is 4.14. The van der Waals surface area contributed by atoms with Crippen LogP contribution in [0.5, 0.6) is 17.2 Å². The van der Waals surface area contributed by atoms with Gasteiger partial charge in [0.1, 0.15) is 18.5 Å². The molecule has 2 aromatic heterocycles. The van der Waals surface area contributed by atoms with Gasteiger partial charge in [-0.05, 0) is 74.7 Å². The zero-order chi connectivity index (χ0) is 23.7. The normalized spacial score (nSPS) is 20.0. The largest absolute Gasteiger partial charge is 0.493 e. The Kier molecular flexibility index (Phi) is 6.68. The van der Waals surface area contributed by atoms with Crippen LogP contribution in [0.15, 0.2) is 48.7 Å². The lowest BCUT2D eigenvalue weighted by Gasteiger charge is -2.38. The SMILES string of the molecule is COc1ccc2sc([C@@H]3CCN(C[C@H](O)COc4ccc5[nH]ccc5c4)[C@@H](C)C3)cc2c1OC. The van der Waals surface area contributed by atoms with Crippen molar-refractivity contribution in [2.24, 2.45) is 0 Å². The van der Waals surface area contributed by atoms with Crippen molar-refractivity contribution in [1.29, 1.82) is 0 Å². The number of β-amino-alcohol motifs (C(OH)–C–C–N with tert-alkyl or cyclic N) is 1. The van der Waals surface area contributed by atoms with E-state index in [1.54, 1.807) is 14.2 Å². The molecular weight excluding hydrogens is 448 g/mol. The molecule has 4 aromatic rings. The van der Waals surface area contributed by atoms with Gasteiger partial charge in [0.25, 0.3) is 0 Å². The second-order valence-corrected chi connectivity index (χ2v) is 10.2. The number of methoxy groups -OCH3 is 2. The molecule has 6 nitrogen and oxygen atoms in total. The van der Waals surface area contributed by atoms with Crippen LogP contribution in [0.25, 0.3) is 21.0 Å². The van der Waals surface area contributed by atoms with Crippen molar-refractivity contribution in [1.82, 2.24) is 9.88 Å². The number of hydrogen-bond acceptors (Lipinski definition) is 6. The van der Waals surface area contributed by atoms with Crippen LogP contribution >= 0.6 is 11.3 Å². The third-order valence-electron chi connectivity index (χ3n) is 6.89. The van der Waals surface area contributed by atoms with Crippen molar-refractivity contribution in [2.75, 3.05) is 33.9 Å². The molecule has 0 spiro atoms. The van der Waals surface area contributed by atoms with Crippen LogP contribution in [0, 0.1) is 0 Å². The minimum Gasteiger partial charge on any atom is -0.493 e. The number of fused-ring (bicyclic) bond motifs is 2. The molecule has 1 aliphatic heterocycles. The molecule has 5 rings (SSSR count). The van der Waals surface area contributed by atoms with Crippen LogP contribution < -0.4 is 14.2 Å². The van der Waals surface area contributed by atoms with Gasteiger partial charge >= 0.3 is 0 Å². The first kappa shape index (κ1) is 23.0. The van der Waals surface area contributed by atoms with E-state index in [2.05, 4.69) is 28.9 Å². The highest BCUT2D eigenvalue weighted by atomic mass is 32.1. The summed E-state index contributed by atoms with van der Waals surface area (Å²) in [6.07, 6.45) is 3.54. The molecule has 0 bridgehead atoms. The Hall–Kier alpha value is -2.74. The number of aromatic nitrogens is 1. The topological polar surface area (TPSA) is 67.0 Å². The summed E-state index contributed by atoms with van der Waals surface area (Å²) >= 11 is 1.85. The molecule has 0 aliphatic carbocycles. The highest BCUT2D eigenvalue weighted by Crippen LogP contribution is 2.44. The van der Waals surface area contributed by atoms with Gasteiger partial charge in [-0.15, -0.1) is 11.3 Å². The maximum Gasteiger partial charge on any atom is 0.169 e. The van der Waals surface area contributed by atoms with Gasteiger partial charge in [0.15, 0.2) is 11.5 Å². The smallest absolute Gasteiger partial charge is 0.169 e. The first-order chi connectivity index (χ1) is 16.6. The standard InChI is InChI=1S/C27H32N2O4S/c1-17-12-19(26-14-22-25(34-26)7-6-24(31-2)27(22)32-3)9-11-29(17)15-20(30)16-33-21-4-5-23-18(13-21)8-10-28-23/h4-8,10,13-14,17,19-20,28,30H,9,11-12,15-16H2,1-3H3/t17-,19+,20-/m0/s1. The molecule has 1 fully saturated rings. The monoisotopic (exact) mass is 480 g/mol. The van der Waals surface area contributed by atoms with Crippen LogP contribution in [0.4, 0.5) is 0 Å². The molecule has 2 N–H and O–H groups in total. The summed E-state index contributed by atoms with van der Waals surface area (Å²) in [5.74, 6) is 2.88. The maximum atomic E-state index is 10.6. The Morgan fingerprint density at radius 1 is 1.15 bits per heavy atom. The molecule has 3 atom stereocenters. The van der Waals surface area contributed by atoms with Crippen LogP contribution in [-0.4, -0.2) is 61.1 Å². The van der Waals surface area contributed by atoms with Crippen molar-refractivity contribution in [3.8, 4) is 17.2 Å². The van der Waals surface area contributed by atoms with Crippen molar-refractivity contribution in [3.05, 3.63) is 53.5 Å². The second-order valence-electron chi connectivity index (χ2n) is 9.12. The molecule has 34 heavy (non-hydrogen) atoms. The van der Waals surface area contributed by atoms with Crippen molar-refractivity contribution < 1.29 is 19.3 Å². The number of aromatic amines is 1. The van der Waals surface area contributed by atoms with E-state index in [9.17, 15) is 5.11 Å². The number of hydrogen-bond donors (Lipinski definition) is 2. The minimum atomic E-state index is -0.526. The third kappa shape index (κ3) is 4.60. The van der Waals surface area contributed by atoms with Crippen LogP contribution in [-0.2, 0) is 0 Å². The molecule has 0 radical (unpaired) electrons. The summed E-state index contributed by atoms with van der Waals surface area (Å²) < 4.78 is 18.2. The quantitative estimate of drug-likeness (QED) is 0.353. The van der Waals surface area contributed by atoms with Crippen molar-refractivity contribution in [2.45, 2.75) is 37.8 Å². The number of H-pyrrole nitrogens is 1. The minimum absolute atomic E-state index is 0.292. The summed E-state index contributed by atoms with van der Waals surface area (Å²) in [5.41, 5.74) is 1.08. The Labute approximate surface area is 204 Å². The van der Waals surface area contributed by atoms with E-state index >= 15 is 0 Å². The number of aliphatic hydroxyl groups excluding tert-OH is 1. The highest BCUT2D eigenvalue weighted by Gasteiger charge is 2.29. The fourth-order valence-corrected chi connectivity index (χ4v) is 6.25. The van der Waals surface area contributed by atoms with Gasteiger partial charge in [0, 0.05) is 44.6 Å². The molecule has 7 heteroatoms. The fraction of sp³-hybridized carbons (Fsp3) is 0.407. The number of aliphatic hydroxyl groups is 1. The summed E-state index contributed by atoms with van der Waals surface area (Å²) in [6, 6.07) is 14.7. The second kappa shape index (κ2) is 9.86. The van der Waals surface area contributed by atoms with Gasteiger partial charge in [-0.1, -0.05) is 0 Å². The van der Waals surface area contributed by atoms with Gasteiger partial charge in [-0.25, -0.2) is 0 Å². The van der Waals surface area contributed by atoms with Gasteiger partial charge in [-0.3, -0.25) is 4.90 Å². The first-order valence-electron chi connectivity index (χ1n) is 11.8. The van der Waals surface area contributed by atoms with E-state index in [-0.39, 0.29) is 0 Å². The number of nitrogens with zero attached hydrogens (tertiary/aromatic N) is 1. The molecule has 0 saturated carbocycles. The number of benzene rings is 2. The average Bonchev–Trinajstić information content (AvgIpc) is 3.50. The summed E-state index contributed by atoms with van der Waals surface area (Å²) in [5, 5.41) is 12.9. The van der Waals surface area contributed by atoms with E-state index in [1.165, 1.54) is 9.58 Å². The molecular formula is C27H32N2O4S. The van der Waals surface area contributed by atoms with Gasteiger partial charge in [-0.2, -0.15) is 0 Å². The fourth-order valence-electron chi connectivity index (χ4n) is 5.05. The zero-order valence-electron chi connectivity index (χ0n) is 19.9. The Balaban J connectivity index is 1.18. The number of thiophene rings is 1. The molecule has 1 saturated heterocycles. The Morgan fingerprint density at radius 3 is 2.82 bits per heavy atom. The molecule has 3 heterocycles. The number of nitrogens with one attached hydrogen (secondary N) is 1. The molecule has 0 amide bonds. The average molecular weight is 481 g/mol. The Morgan fingerprint density at radius 2 is 2.03 bits per heavy atom. The van der Waals surface area contributed by atoms with Crippen LogP contribution in [0.3, 0.4) is 0 Å². The number of likely N-dealkylation sites (tertiary alicyclic amines) is 1. The first-order valence-corrected chi connectivity index (χ1v) is 12.6. The van der Waals surface area contributed by atoms with E-state index in [0.717, 1.165) is 52.9 Å². The van der Waals surface area contributed by atoms with E-state index < -0.39 is 6.10 Å². The summed E-state index contributed by atoms with van der Waals surface area (Å²) in [4.78, 5) is 6.97. The zero-order valence-corrected chi connectivity index (χ0v) is 20.7. The van der Waals surface area contributed by atoms with Gasteiger partial charge in [0.05, 0.1) is 14.2 Å². The predicted molar refractivity (Wildman–Crippen MR) is 138 cm³/mol. The predicted octanol–water partition coefficient (Wildman–Crippen LogP) is 5.41. The van der Waals surface area contributed by atoms with E-state index in [0.29, 0.717) is 25.1 Å². The molecule has 2 aromatic carbocycles. The lowest BCUT2D eigenvalue weighted by atomic mass is 9.90. The molecule has 1 aliphatic rings. The van der Waals surface area contributed by atoms with Crippen molar-refractivity contribution in [3.63, 3.8) is 0 Å². The van der Waals surface area contributed by atoms with Crippen LogP contribution in [0.2, 0.25) is 0 Å². The molecule has 180 valence electrons. The number of ether oxygens (including phenoxy) is 3. The maximum absolute atomic E-state index is 10.6. The van der Waals surface area contributed by atoms with Gasteiger partial charge < -0.3 is 24.3 Å². The van der Waals surface area contributed by atoms with Gasteiger partial charge in [0.2, 0.25) is 0 Å². The lowest BCUT2D eigenvalue weighted by molar-refractivity contribution is 0.0404. The lowest BCUT2D eigenvalue weighted by Crippen LogP contribution is -2.45. The highest BCUT2D eigenvalue weighted by molar-refractivity contribution is 7.19. The van der Waals surface area contributed by atoms with Crippen molar-refractivity contribution >= 4 is 32.3 Å². The number of rotatable bonds is 8. The third-order valence-corrected chi connectivity index (χ3v) is 8.15. The number of piperidine rings is 1. The Bertz CT molecular complexity index is 1270.